The van der Waals surface area contributed by atoms with Crippen LogP contribution in [0, 0.1) is 0 Å². The molecule has 0 bridgehead atoms. The number of nitrogens with zero attached hydrogens (tertiary/aromatic N) is 2. The van der Waals surface area contributed by atoms with Gasteiger partial charge in [-0.05, 0) is 24.3 Å². The summed E-state index contributed by atoms with van der Waals surface area (Å²) in [6.45, 7) is 0.855. The summed E-state index contributed by atoms with van der Waals surface area (Å²) >= 11 is 1.60. The molecule has 2 aromatic heterocycles. The van der Waals surface area contributed by atoms with E-state index in [1.165, 1.54) is 0 Å². The number of hydrazine groups is 1. The van der Waals surface area contributed by atoms with Crippen molar-refractivity contribution < 1.29 is 4.74 Å². The van der Waals surface area contributed by atoms with E-state index in [1.807, 2.05) is 11.4 Å². The minimum Gasteiger partial charge on any atom is -0.378 e. The normalized spacial score (nSPS) is 19.9. The molecule has 5 nitrogen and oxygen atoms in total. The van der Waals surface area contributed by atoms with Crippen molar-refractivity contribution in [2.24, 2.45) is 5.84 Å². The van der Waals surface area contributed by atoms with Crippen LogP contribution in [0.3, 0.4) is 0 Å². The number of ether oxygens (including phenoxy) is 1. The van der Waals surface area contributed by atoms with Gasteiger partial charge in [0.15, 0.2) is 5.82 Å². The molecule has 0 aromatic carbocycles. The van der Waals surface area contributed by atoms with Gasteiger partial charge in [-0.15, -0.1) is 11.3 Å². The fourth-order valence-electron chi connectivity index (χ4n) is 2.11. The lowest BCUT2D eigenvalue weighted by Crippen LogP contribution is -2.14. The van der Waals surface area contributed by atoms with Gasteiger partial charge in [-0.1, -0.05) is 0 Å². The van der Waals surface area contributed by atoms with Crippen molar-refractivity contribution in [2.75, 3.05) is 12.0 Å². The van der Waals surface area contributed by atoms with E-state index in [-0.39, 0.29) is 6.10 Å². The Kier molecular flexibility index (Phi) is 2.92. The number of hydrogen-bond acceptors (Lipinski definition) is 6. The molecule has 3 rings (SSSR count). The van der Waals surface area contributed by atoms with E-state index in [2.05, 4.69) is 15.4 Å². The molecule has 1 aliphatic rings. The number of nitrogens with one attached hydrogen (secondary N) is 1. The Labute approximate surface area is 103 Å². The number of fused-ring (bicyclic) bond motifs is 1. The summed E-state index contributed by atoms with van der Waals surface area (Å²) in [7, 11) is 0. The quantitative estimate of drug-likeness (QED) is 0.640. The molecule has 0 radical (unpaired) electrons. The lowest BCUT2D eigenvalue weighted by atomic mass is 10.2. The number of nitrogen functional groups attached to an aromatic ring is 1. The Morgan fingerprint density at radius 1 is 1.53 bits per heavy atom. The second-order valence-corrected chi connectivity index (χ2v) is 5.01. The molecule has 0 spiro atoms. The van der Waals surface area contributed by atoms with Crippen molar-refractivity contribution in [1.29, 1.82) is 0 Å². The SMILES string of the molecule is NNc1nc(CC2CCCO2)nc2sccc12. The van der Waals surface area contributed by atoms with Gasteiger partial charge in [-0.3, -0.25) is 0 Å². The number of rotatable bonds is 3. The van der Waals surface area contributed by atoms with Gasteiger partial charge >= 0.3 is 0 Å². The summed E-state index contributed by atoms with van der Waals surface area (Å²) in [6, 6.07) is 1.98. The zero-order valence-electron chi connectivity index (χ0n) is 9.35. The van der Waals surface area contributed by atoms with Crippen LogP contribution in [-0.2, 0) is 11.2 Å². The fraction of sp³-hybridized carbons (Fsp3) is 0.455. The average Bonchev–Trinajstić information content (AvgIpc) is 2.98. The summed E-state index contributed by atoms with van der Waals surface area (Å²) < 4.78 is 5.60. The lowest BCUT2D eigenvalue weighted by Gasteiger charge is -2.09. The molecule has 1 aliphatic heterocycles. The van der Waals surface area contributed by atoms with Gasteiger partial charge in [0, 0.05) is 13.0 Å². The highest BCUT2D eigenvalue weighted by Crippen LogP contribution is 2.25. The molecular weight excluding hydrogens is 236 g/mol. The molecule has 0 amide bonds. The van der Waals surface area contributed by atoms with E-state index >= 15 is 0 Å². The van der Waals surface area contributed by atoms with Gasteiger partial charge < -0.3 is 10.2 Å². The first-order valence-corrected chi connectivity index (χ1v) is 6.57. The minimum atomic E-state index is 0.262. The van der Waals surface area contributed by atoms with Crippen LogP contribution in [0.1, 0.15) is 18.7 Å². The first kappa shape index (κ1) is 10.9. The Balaban J connectivity index is 1.92. The molecule has 1 unspecified atom stereocenters. The van der Waals surface area contributed by atoms with Crippen molar-refractivity contribution in [2.45, 2.75) is 25.4 Å². The van der Waals surface area contributed by atoms with Crippen LogP contribution in [-0.4, -0.2) is 22.7 Å². The summed E-state index contributed by atoms with van der Waals surface area (Å²) in [6.07, 6.45) is 3.26. The fourth-order valence-corrected chi connectivity index (χ4v) is 2.89. The molecule has 1 atom stereocenters. The molecule has 17 heavy (non-hydrogen) atoms. The zero-order valence-corrected chi connectivity index (χ0v) is 10.2. The van der Waals surface area contributed by atoms with E-state index in [1.54, 1.807) is 11.3 Å². The van der Waals surface area contributed by atoms with Crippen molar-refractivity contribution in [3.8, 4) is 0 Å². The van der Waals surface area contributed by atoms with Crippen LogP contribution >= 0.6 is 11.3 Å². The molecule has 3 heterocycles. The van der Waals surface area contributed by atoms with Crippen LogP contribution in [0.25, 0.3) is 10.2 Å². The maximum atomic E-state index is 5.60. The molecule has 3 N–H and O–H groups in total. The van der Waals surface area contributed by atoms with Crippen LogP contribution in [0.4, 0.5) is 5.82 Å². The smallest absolute Gasteiger partial charge is 0.152 e. The lowest BCUT2D eigenvalue weighted by molar-refractivity contribution is 0.110. The monoisotopic (exact) mass is 250 g/mol. The number of hydrogen-bond donors (Lipinski definition) is 2. The third-order valence-electron chi connectivity index (χ3n) is 2.94. The van der Waals surface area contributed by atoms with Gasteiger partial charge in [-0.2, -0.15) is 0 Å². The van der Waals surface area contributed by atoms with Crippen LogP contribution in [0.5, 0.6) is 0 Å². The van der Waals surface area contributed by atoms with E-state index in [4.69, 9.17) is 10.6 Å². The number of thiophene rings is 1. The number of anilines is 1. The van der Waals surface area contributed by atoms with Crippen molar-refractivity contribution in [1.82, 2.24) is 9.97 Å². The topological polar surface area (TPSA) is 73.1 Å². The summed E-state index contributed by atoms with van der Waals surface area (Å²) in [5.74, 6) is 6.99. The predicted octanol–water partition coefficient (Wildman–Crippen LogP) is 1.70. The van der Waals surface area contributed by atoms with Crippen LogP contribution < -0.4 is 11.3 Å². The second kappa shape index (κ2) is 4.56. The Morgan fingerprint density at radius 2 is 2.47 bits per heavy atom. The summed E-state index contributed by atoms with van der Waals surface area (Å²) in [5, 5.41) is 2.98. The Bertz CT molecular complexity index is 521. The first-order chi connectivity index (χ1) is 8.36. The molecule has 0 aliphatic carbocycles. The van der Waals surface area contributed by atoms with Gasteiger partial charge in [0.1, 0.15) is 10.7 Å². The maximum absolute atomic E-state index is 5.60. The third-order valence-corrected chi connectivity index (χ3v) is 3.75. The van der Waals surface area contributed by atoms with E-state index < -0.39 is 0 Å². The maximum Gasteiger partial charge on any atom is 0.152 e. The molecule has 2 aromatic rings. The van der Waals surface area contributed by atoms with Crippen LogP contribution in [0.15, 0.2) is 11.4 Å². The highest BCUT2D eigenvalue weighted by Gasteiger charge is 2.18. The molecule has 90 valence electrons. The van der Waals surface area contributed by atoms with Crippen molar-refractivity contribution >= 4 is 27.4 Å². The molecule has 6 heteroatoms. The number of nitrogens with two attached hydrogens (primary N) is 1. The van der Waals surface area contributed by atoms with Crippen molar-refractivity contribution in [3.05, 3.63) is 17.3 Å². The Morgan fingerprint density at radius 3 is 3.24 bits per heavy atom. The van der Waals surface area contributed by atoms with E-state index in [9.17, 15) is 0 Å². The largest absolute Gasteiger partial charge is 0.378 e. The predicted molar refractivity (Wildman–Crippen MR) is 67.9 cm³/mol. The minimum absolute atomic E-state index is 0.262. The Hall–Kier alpha value is -1.24. The van der Waals surface area contributed by atoms with Crippen molar-refractivity contribution in [3.63, 3.8) is 0 Å². The van der Waals surface area contributed by atoms with Gasteiger partial charge in [-0.25, -0.2) is 15.8 Å². The van der Waals surface area contributed by atoms with Gasteiger partial charge in [0.25, 0.3) is 0 Å². The van der Waals surface area contributed by atoms with Gasteiger partial charge in [0.05, 0.1) is 11.5 Å². The molecule has 0 saturated carbocycles. The third kappa shape index (κ3) is 2.11. The summed E-state index contributed by atoms with van der Waals surface area (Å²) in [5.41, 5.74) is 2.64. The highest BCUT2D eigenvalue weighted by molar-refractivity contribution is 7.16. The zero-order chi connectivity index (χ0) is 11.7. The number of aromatic nitrogens is 2. The highest BCUT2D eigenvalue weighted by atomic mass is 32.1. The molecular formula is C11H14N4OS. The standard InChI is InChI=1S/C11H14N4OS/c12-15-10-8-3-5-17-11(8)14-9(13-10)6-7-2-1-4-16-7/h3,5,7H,1-2,4,6,12H2,(H,13,14,15). The first-order valence-electron chi connectivity index (χ1n) is 5.69. The second-order valence-electron chi connectivity index (χ2n) is 4.11. The van der Waals surface area contributed by atoms with Crippen LogP contribution in [0.2, 0.25) is 0 Å². The summed E-state index contributed by atoms with van der Waals surface area (Å²) in [4.78, 5) is 9.95. The van der Waals surface area contributed by atoms with E-state index in [0.717, 1.165) is 41.9 Å². The van der Waals surface area contributed by atoms with Gasteiger partial charge in [0.2, 0.25) is 0 Å². The molecule has 1 fully saturated rings. The average molecular weight is 250 g/mol. The van der Waals surface area contributed by atoms with E-state index in [0.29, 0.717) is 5.82 Å². The molecule has 1 saturated heterocycles.